The van der Waals surface area contributed by atoms with Crippen molar-refractivity contribution in [3.63, 3.8) is 0 Å². The van der Waals surface area contributed by atoms with Crippen molar-refractivity contribution >= 4 is 64.2 Å². The van der Waals surface area contributed by atoms with Gasteiger partial charge in [0.1, 0.15) is 29.4 Å². The second-order valence-electron chi connectivity index (χ2n) is 7.53. The normalized spacial score (nSPS) is 17.7. The summed E-state index contributed by atoms with van der Waals surface area (Å²) in [7, 11) is 0. The molecule has 1 saturated heterocycles. The number of hydrogen-bond donors (Lipinski definition) is 2. The zero-order valence-electron chi connectivity index (χ0n) is 18.9. The molecule has 1 fully saturated rings. The number of halogens is 2. The number of aliphatic imine (C=N–C) groups is 2. The molecule has 8 nitrogen and oxygen atoms in total. The average molecular weight is 523 g/mol. The smallest absolute Gasteiger partial charge is 0.246 e. The summed E-state index contributed by atoms with van der Waals surface area (Å²) in [6.45, 7) is 1.71. The fourth-order valence-corrected chi connectivity index (χ4v) is 4.32. The number of carbonyl (C=O) groups excluding carboxylic acids is 1. The first-order valence-corrected chi connectivity index (χ1v) is 11.9. The summed E-state index contributed by atoms with van der Waals surface area (Å²) in [5.74, 6) is -0.517. The van der Waals surface area contributed by atoms with Gasteiger partial charge in [-0.25, -0.2) is 14.4 Å². The molecular formula is C25H20ClFN6O2S. The number of phenolic OH excluding ortho intramolecular Hbond substituents is 1. The number of thioether (sulfide) groups is 1. The van der Waals surface area contributed by atoms with E-state index in [4.69, 9.17) is 17.3 Å². The maximum absolute atomic E-state index is 14.4. The number of amides is 1. The van der Waals surface area contributed by atoms with E-state index >= 15 is 0 Å². The maximum atomic E-state index is 14.4. The highest BCUT2D eigenvalue weighted by atomic mass is 35.5. The number of aromatic hydroxyl groups is 1. The lowest BCUT2D eigenvalue weighted by atomic mass is 10.1. The fourth-order valence-electron chi connectivity index (χ4n) is 3.17. The van der Waals surface area contributed by atoms with Crippen LogP contribution in [0, 0.1) is 5.82 Å². The van der Waals surface area contributed by atoms with E-state index in [1.165, 1.54) is 54.6 Å². The number of benzene rings is 3. The quantitative estimate of drug-likeness (QED) is 0.266. The molecule has 11 heteroatoms. The van der Waals surface area contributed by atoms with Crippen LogP contribution in [0.3, 0.4) is 0 Å². The summed E-state index contributed by atoms with van der Waals surface area (Å²) in [6.07, 6.45) is 2.84. The first kappa shape index (κ1) is 25.1. The number of amidine groups is 2. The molecule has 3 aromatic carbocycles. The molecule has 1 atom stereocenters. The van der Waals surface area contributed by atoms with Crippen LogP contribution >= 0.6 is 23.4 Å². The topological polar surface area (TPSA) is 116 Å². The lowest BCUT2D eigenvalue weighted by molar-refractivity contribution is -0.116. The van der Waals surface area contributed by atoms with E-state index in [1.807, 2.05) is 0 Å². The van der Waals surface area contributed by atoms with Crippen LogP contribution in [0.15, 0.2) is 86.9 Å². The highest BCUT2D eigenvalue weighted by molar-refractivity contribution is 8.16. The average Bonchev–Trinajstić information content (AvgIpc) is 3.14. The lowest BCUT2D eigenvalue weighted by Gasteiger charge is -2.17. The second kappa shape index (κ2) is 11.1. The van der Waals surface area contributed by atoms with Gasteiger partial charge < -0.3 is 10.8 Å². The number of carbonyl (C=O) groups is 1. The summed E-state index contributed by atoms with van der Waals surface area (Å²) in [5, 5.41) is 17.4. The van der Waals surface area contributed by atoms with Crippen molar-refractivity contribution in [3.05, 3.63) is 88.7 Å². The molecule has 3 aromatic rings. The van der Waals surface area contributed by atoms with Gasteiger partial charge >= 0.3 is 0 Å². The molecule has 36 heavy (non-hydrogen) atoms. The van der Waals surface area contributed by atoms with Crippen molar-refractivity contribution in [2.45, 2.75) is 12.2 Å². The van der Waals surface area contributed by atoms with Gasteiger partial charge in [-0.15, -0.1) is 5.10 Å². The van der Waals surface area contributed by atoms with Crippen molar-refractivity contribution in [3.8, 4) is 5.75 Å². The van der Waals surface area contributed by atoms with Crippen LogP contribution in [0.1, 0.15) is 18.1 Å². The summed E-state index contributed by atoms with van der Waals surface area (Å²) in [6, 6.07) is 17.7. The molecule has 0 aliphatic carbocycles. The van der Waals surface area contributed by atoms with Crippen molar-refractivity contribution in [2.24, 2.45) is 25.9 Å². The first-order chi connectivity index (χ1) is 17.3. The predicted molar refractivity (Wildman–Crippen MR) is 144 cm³/mol. The van der Waals surface area contributed by atoms with Crippen LogP contribution in [-0.4, -0.2) is 39.8 Å². The summed E-state index contributed by atoms with van der Waals surface area (Å²) < 4.78 is 14.4. The van der Waals surface area contributed by atoms with Gasteiger partial charge in [0.25, 0.3) is 0 Å². The van der Waals surface area contributed by atoms with Gasteiger partial charge in [-0.05, 0) is 48.9 Å². The van der Waals surface area contributed by atoms with Crippen LogP contribution in [0.25, 0.3) is 0 Å². The van der Waals surface area contributed by atoms with E-state index in [0.717, 1.165) is 10.5 Å². The Morgan fingerprint density at radius 1 is 1.14 bits per heavy atom. The third-order valence-corrected chi connectivity index (χ3v) is 6.35. The Morgan fingerprint density at radius 2 is 1.86 bits per heavy atom. The third kappa shape index (κ3) is 5.78. The van der Waals surface area contributed by atoms with E-state index in [9.17, 15) is 14.3 Å². The second-order valence-corrected chi connectivity index (χ2v) is 9.24. The maximum Gasteiger partial charge on any atom is 0.246 e. The molecule has 0 bridgehead atoms. The van der Waals surface area contributed by atoms with Crippen LogP contribution in [0.4, 0.5) is 15.8 Å². The highest BCUT2D eigenvalue weighted by Gasteiger charge is 2.38. The number of nitrogens with two attached hydrogens (primary N) is 1. The van der Waals surface area contributed by atoms with Crippen molar-refractivity contribution in [2.75, 3.05) is 4.90 Å². The Kier molecular flexibility index (Phi) is 7.77. The first-order valence-electron chi connectivity index (χ1n) is 10.6. The molecule has 3 N–H and O–H groups in total. The molecular weight excluding hydrogens is 503 g/mol. The standard InChI is InChI=1S/C25H20ClFN6O2S/c1-15-24(35)33(22-20(26)3-2-4-21(22)27)25(36-15)32-31-13-16-5-7-17(8-6-16)23(28)30-14-29-18-9-11-19(34)12-10-18/h2-15,34H,1H3,(H2,28,29,30)/b31-13-,32-25+. The Morgan fingerprint density at radius 3 is 2.56 bits per heavy atom. The number of hydrogen-bond acceptors (Lipinski definition) is 6. The van der Waals surface area contributed by atoms with Gasteiger partial charge in [-0.1, -0.05) is 53.7 Å². The summed E-state index contributed by atoms with van der Waals surface area (Å²) >= 11 is 7.33. The molecule has 182 valence electrons. The third-order valence-electron chi connectivity index (χ3n) is 5.01. The van der Waals surface area contributed by atoms with Crippen LogP contribution < -0.4 is 10.6 Å². The largest absolute Gasteiger partial charge is 0.508 e. The van der Waals surface area contributed by atoms with Crippen LogP contribution in [0.5, 0.6) is 5.75 Å². The van der Waals surface area contributed by atoms with Crippen LogP contribution in [0.2, 0.25) is 5.02 Å². The van der Waals surface area contributed by atoms with E-state index in [1.54, 1.807) is 43.3 Å². The van der Waals surface area contributed by atoms with E-state index in [0.29, 0.717) is 11.3 Å². The summed E-state index contributed by atoms with van der Waals surface area (Å²) in [4.78, 5) is 22.1. The number of para-hydroxylation sites is 1. The number of phenols is 1. The zero-order chi connectivity index (χ0) is 25.7. The Labute approximate surface area is 215 Å². The van der Waals surface area contributed by atoms with Crippen molar-refractivity contribution in [1.82, 2.24) is 0 Å². The minimum Gasteiger partial charge on any atom is -0.508 e. The molecule has 4 rings (SSSR count). The van der Waals surface area contributed by atoms with Gasteiger partial charge in [0.2, 0.25) is 5.91 Å². The number of rotatable bonds is 6. The highest BCUT2D eigenvalue weighted by Crippen LogP contribution is 2.37. The van der Waals surface area contributed by atoms with Gasteiger partial charge in [0.15, 0.2) is 5.17 Å². The SMILES string of the molecule is CC1S/C(=N/N=C\c2ccc(C(N)=NC=Nc3ccc(O)cc3)cc2)N(c2c(F)cccc2Cl)C1=O. The molecule has 0 saturated carbocycles. The van der Waals surface area contributed by atoms with E-state index < -0.39 is 11.1 Å². The van der Waals surface area contributed by atoms with E-state index in [-0.39, 0.29) is 33.4 Å². The Hall–Kier alpha value is -4.02. The summed E-state index contributed by atoms with van der Waals surface area (Å²) in [5.41, 5.74) is 8.02. The molecule has 1 unspecified atom stereocenters. The lowest BCUT2D eigenvalue weighted by Crippen LogP contribution is -2.32. The fraction of sp³-hybridized carbons (Fsp3) is 0.0800. The molecule has 1 aliphatic rings. The number of anilines is 1. The van der Waals surface area contributed by atoms with Gasteiger partial charge in [-0.2, -0.15) is 5.10 Å². The Bertz CT molecular complexity index is 1370. The van der Waals surface area contributed by atoms with Gasteiger partial charge in [0, 0.05) is 5.56 Å². The van der Waals surface area contributed by atoms with Crippen molar-refractivity contribution in [1.29, 1.82) is 0 Å². The molecule has 0 radical (unpaired) electrons. The number of nitrogens with zero attached hydrogens (tertiary/aromatic N) is 5. The minimum absolute atomic E-state index is 0.0389. The van der Waals surface area contributed by atoms with E-state index in [2.05, 4.69) is 20.2 Å². The molecule has 1 amide bonds. The Balaban J connectivity index is 1.46. The van der Waals surface area contributed by atoms with Gasteiger partial charge in [0.05, 0.1) is 22.2 Å². The van der Waals surface area contributed by atoms with Gasteiger partial charge in [-0.3, -0.25) is 9.69 Å². The molecule has 1 heterocycles. The van der Waals surface area contributed by atoms with Crippen molar-refractivity contribution < 1.29 is 14.3 Å². The monoisotopic (exact) mass is 522 g/mol. The predicted octanol–water partition coefficient (Wildman–Crippen LogP) is 5.11. The van der Waals surface area contributed by atoms with Crippen LogP contribution in [-0.2, 0) is 4.79 Å². The molecule has 0 aromatic heterocycles. The zero-order valence-corrected chi connectivity index (χ0v) is 20.5. The molecule has 1 aliphatic heterocycles. The minimum atomic E-state index is -0.620. The molecule has 0 spiro atoms.